The molecule has 3 amide bonds. The van der Waals surface area contributed by atoms with E-state index >= 15 is 0 Å². The first-order valence-electron chi connectivity index (χ1n) is 23.3. The predicted octanol–water partition coefficient (Wildman–Crippen LogP) is 7.08. The summed E-state index contributed by atoms with van der Waals surface area (Å²) in [7, 11) is -3.83. The number of nitrogens with one attached hydrogen (secondary N) is 3. The van der Waals surface area contributed by atoms with Gasteiger partial charge in [-0.05, 0) is 92.6 Å². The van der Waals surface area contributed by atoms with Gasteiger partial charge in [0.05, 0.1) is 22.0 Å². The number of ether oxygens (including phenoxy) is 1. The second kappa shape index (κ2) is 21.4. The van der Waals surface area contributed by atoms with Crippen molar-refractivity contribution in [3.8, 4) is 16.2 Å². The maximum atomic E-state index is 14.2. The van der Waals surface area contributed by atoms with Gasteiger partial charge >= 0.3 is 11.9 Å². The van der Waals surface area contributed by atoms with Crippen molar-refractivity contribution in [3.05, 3.63) is 99.3 Å². The Balaban J connectivity index is 0.897. The number of allylic oxidation sites excluding steroid dienone is 1. The highest BCUT2D eigenvalue weighted by Gasteiger charge is 2.42. The molecule has 5 N–H and O–H groups in total. The van der Waals surface area contributed by atoms with Crippen molar-refractivity contribution < 1.29 is 47.3 Å². The van der Waals surface area contributed by atoms with Crippen molar-refractivity contribution in [2.75, 3.05) is 48.9 Å². The summed E-state index contributed by atoms with van der Waals surface area (Å²) in [6.45, 7) is 6.78. The molecule has 0 spiro atoms. The van der Waals surface area contributed by atoms with Crippen LogP contribution in [0.25, 0.3) is 21.2 Å². The van der Waals surface area contributed by atoms with Gasteiger partial charge in [0, 0.05) is 78.3 Å². The Bertz CT molecular complexity index is 3000. The van der Waals surface area contributed by atoms with Crippen LogP contribution in [0.4, 0.5) is 11.4 Å². The Morgan fingerprint density at radius 1 is 1.03 bits per heavy atom. The van der Waals surface area contributed by atoms with E-state index in [1.54, 1.807) is 34.9 Å². The third kappa shape index (κ3) is 10.8. The highest BCUT2D eigenvalue weighted by Crippen LogP contribution is 2.47. The molecule has 4 aliphatic heterocycles. The molecule has 0 saturated carbocycles. The maximum Gasteiger partial charge on any atom is 0.349 e. The van der Waals surface area contributed by atoms with E-state index in [0.29, 0.717) is 78.1 Å². The number of carboxylic acid groups (broad SMARTS) is 2. The van der Waals surface area contributed by atoms with Gasteiger partial charge in [0.1, 0.15) is 17.7 Å². The van der Waals surface area contributed by atoms with E-state index in [1.165, 1.54) is 11.1 Å². The summed E-state index contributed by atoms with van der Waals surface area (Å²) in [6, 6.07) is 16.0. The second-order valence-corrected chi connectivity index (χ2v) is 21.7. The lowest BCUT2D eigenvalue weighted by Crippen LogP contribution is -2.55. The number of piperidine rings is 2. The number of nitrogens with zero attached hydrogens (tertiary/aromatic N) is 5. The molecule has 2 saturated heterocycles. The van der Waals surface area contributed by atoms with Crippen LogP contribution in [0.1, 0.15) is 90.8 Å². The van der Waals surface area contributed by atoms with Crippen LogP contribution in [-0.4, -0.2) is 127 Å². The molecule has 3 aromatic carbocycles. The normalized spacial score (nSPS) is 21.2. The number of sulfonamides is 1. The molecule has 2 fully saturated rings. The first-order valence-corrected chi connectivity index (χ1v) is 26.1. The Hall–Kier alpha value is -6.61. The number of carbonyl (C=O) groups is 5. The van der Waals surface area contributed by atoms with Gasteiger partial charge < -0.3 is 30.5 Å². The van der Waals surface area contributed by atoms with Crippen molar-refractivity contribution in [3.63, 3.8) is 0 Å². The summed E-state index contributed by atoms with van der Waals surface area (Å²) in [4.78, 5) is 73.9. The Kier molecular flexibility index (Phi) is 15.3. The molecule has 1 aromatic heterocycles. The van der Waals surface area contributed by atoms with Crippen LogP contribution in [0.2, 0.25) is 5.02 Å². The fourth-order valence-electron chi connectivity index (χ4n) is 10.1. The standard InChI is InChI=1S/C50H55ClN8O10S2/c1-4-7-40(47(63)55-29-60)59-39-13-12-36(37-10-6-11-38(42(37)39)48(59)64)31-14-17-57(18-15-31)35-24-52-22-30(23-53-28-54-25-35)27-71(67,68)58-19-16-34(21-50(58,2)3)56-33-9-5-8-32(20-33)45-43(51)44(69-26-41(61)62)46(70-45)49(65)66/h5-6,8-13,20,22-25,29,31,34,40,52,56H,4,7,14-19,21,26-28H2,1-3H3,(H,61,62)(H,65,66)(H,55,60,63)/b30-22+,35-24+,53-23-,54-25-. The van der Waals surface area contributed by atoms with Crippen molar-refractivity contribution in [2.24, 2.45) is 9.98 Å². The zero-order valence-electron chi connectivity index (χ0n) is 39.4. The van der Waals surface area contributed by atoms with Crippen LogP contribution in [0.15, 0.2) is 88.3 Å². The Morgan fingerprint density at radius 2 is 1.79 bits per heavy atom. The van der Waals surface area contributed by atoms with Gasteiger partial charge in [0.25, 0.3) is 5.91 Å². The average Bonchev–Trinajstić information content (AvgIpc) is 3.82. The first-order chi connectivity index (χ1) is 34.0. The Morgan fingerprint density at radius 3 is 2.51 bits per heavy atom. The van der Waals surface area contributed by atoms with E-state index in [2.05, 4.69) is 36.9 Å². The number of halogens is 1. The molecule has 0 radical (unpaired) electrons. The lowest BCUT2D eigenvalue weighted by molar-refractivity contribution is -0.139. The minimum absolute atomic E-state index is 0.00243. The van der Waals surface area contributed by atoms with Crippen molar-refractivity contribution in [2.45, 2.75) is 82.8 Å². The summed E-state index contributed by atoms with van der Waals surface area (Å²) in [6.07, 6.45) is 10.8. The monoisotopic (exact) mass is 1030 g/mol. The predicted molar refractivity (Wildman–Crippen MR) is 274 cm³/mol. The van der Waals surface area contributed by atoms with Crippen LogP contribution in [0, 0.1) is 0 Å². The van der Waals surface area contributed by atoms with Gasteiger partial charge in [-0.15, -0.1) is 11.3 Å². The van der Waals surface area contributed by atoms with Crippen LogP contribution in [0.5, 0.6) is 5.75 Å². The molecular formula is C50H55ClN8O10S2. The van der Waals surface area contributed by atoms with Crippen LogP contribution < -0.4 is 25.6 Å². The number of aromatic carboxylic acids is 1. The number of amides is 3. The topological polar surface area (TPSA) is 240 Å². The number of anilines is 2. The minimum Gasteiger partial charge on any atom is -0.479 e. The number of likely N-dealkylation sites (tertiary alicyclic amines) is 1. The fourth-order valence-corrected chi connectivity index (χ4v) is 13.5. The van der Waals surface area contributed by atoms with Crippen LogP contribution in [0.3, 0.4) is 0 Å². The Labute approximate surface area is 420 Å². The van der Waals surface area contributed by atoms with Crippen molar-refractivity contribution >= 4 is 97.7 Å². The molecule has 8 rings (SSSR count). The molecule has 71 heavy (non-hydrogen) atoms. The third-order valence-electron chi connectivity index (χ3n) is 13.2. The van der Waals surface area contributed by atoms with E-state index in [0.717, 1.165) is 46.2 Å². The molecule has 4 aromatic rings. The largest absolute Gasteiger partial charge is 0.479 e. The molecule has 2 unspecified atom stereocenters. The first kappa shape index (κ1) is 50.8. The molecule has 0 aliphatic carbocycles. The number of aliphatic imine (C=N–C) groups is 2. The summed E-state index contributed by atoms with van der Waals surface area (Å²) >= 11 is 7.43. The van der Waals surface area contributed by atoms with Gasteiger partial charge in [-0.25, -0.2) is 18.0 Å². The average molecular weight is 1030 g/mol. The quantitative estimate of drug-likeness (QED) is 0.0666. The summed E-state index contributed by atoms with van der Waals surface area (Å²) in [5.74, 6) is -3.61. The summed E-state index contributed by atoms with van der Waals surface area (Å²) < 4.78 is 35.2. The number of rotatable bonds is 17. The van der Waals surface area contributed by atoms with Crippen molar-refractivity contribution in [1.82, 2.24) is 19.8 Å². The molecule has 2 atom stereocenters. The van der Waals surface area contributed by atoms with Gasteiger partial charge in [0.2, 0.25) is 22.3 Å². The van der Waals surface area contributed by atoms with Crippen molar-refractivity contribution in [1.29, 1.82) is 0 Å². The summed E-state index contributed by atoms with van der Waals surface area (Å²) in [5.41, 5.74) is 4.20. The fraction of sp³-hybridized carbons (Fsp3) is 0.380. The molecule has 374 valence electrons. The minimum atomic E-state index is -3.83. The highest BCUT2D eigenvalue weighted by molar-refractivity contribution is 7.89. The number of imide groups is 1. The van der Waals surface area contributed by atoms with Gasteiger partial charge in [-0.3, -0.25) is 34.6 Å². The zero-order chi connectivity index (χ0) is 50.6. The van der Waals surface area contributed by atoms with E-state index in [9.17, 15) is 37.5 Å². The molecule has 0 bridgehead atoms. The van der Waals surface area contributed by atoms with Crippen LogP contribution in [-0.2, 0) is 24.4 Å². The number of hydrogen-bond donors (Lipinski definition) is 5. The number of carbonyl (C=O) groups excluding carboxylic acids is 3. The van der Waals surface area contributed by atoms with E-state index < -0.39 is 46.1 Å². The van der Waals surface area contributed by atoms with E-state index in [4.69, 9.17) is 21.4 Å². The highest BCUT2D eigenvalue weighted by atomic mass is 35.5. The number of carboxylic acids is 2. The van der Waals surface area contributed by atoms with Gasteiger partial charge in [0.15, 0.2) is 17.2 Å². The number of hydrogen-bond acceptors (Lipinski definition) is 14. The molecule has 4 aliphatic rings. The van der Waals surface area contributed by atoms with Gasteiger partial charge in [-0.1, -0.05) is 55.3 Å². The van der Waals surface area contributed by atoms with E-state index in [-0.39, 0.29) is 52.5 Å². The number of thiophene rings is 1. The molecule has 21 heteroatoms. The molecule has 5 heterocycles. The number of aliphatic carboxylic acids is 1. The summed E-state index contributed by atoms with van der Waals surface area (Å²) in [5, 5.41) is 29.6. The third-order valence-corrected chi connectivity index (χ3v) is 16.9. The zero-order valence-corrected chi connectivity index (χ0v) is 41.8. The van der Waals surface area contributed by atoms with Crippen LogP contribution >= 0.6 is 22.9 Å². The lowest BCUT2D eigenvalue weighted by Gasteiger charge is -2.45. The molecule has 18 nitrogen and oxygen atoms in total. The maximum absolute atomic E-state index is 14.2. The van der Waals surface area contributed by atoms with E-state index in [1.807, 2.05) is 57.3 Å². The molecular weight excluding hydrogens is 972 g/mol. The second-order valence-electron chi connectivity index (χ2n) is 18.4. The van der Waals surface area contributed by atoms with Gasteiger partial charge in [-0.2, -0.15) is 4.31 Å². The lowest BCUT2D eigenvalue weighted by atomic mass is 9.85. The SMILES string of the molecule is CCCC(C(=O)NC=O)N1C(=O)c2cccc3c(C4CCN(C5=C/N/C=C(CS(=O)(=O)N6CCC(Nc7cccc(-c8sc(C(=O)O)c(OCC(=O)O)c8Cl)c7)CC6(C)C)\C=N/C/N=C\5)CC4)ccc1c23. The smallest absolute Gasteiger partial charge is 0.349 e. The number of benzene rings is 3.